The number of anilines is 1. The van der Waals surface area contributed by atoms with E-state index in [4.69, 9.17) is 14.2 Å². The first-order chi connectivity index (χ1) is 16.0. The molecule has 7 heteroatoms. The largest absolute Gasteiger partial charge is 0.454 e. The minimum atomic E-state index is -0.334. The number of aryl methyl sites for hydroxylation is 2. The first-order valence-electron chi connectivity index (χ1n) is 11.4. The van der Waals surface area contributed by atoms with Crippen LogP contribution in [0.2, 0.25) is 0 Å². The molecule has 0 aromatic heterocycles. The van der Waals surface area contributed by atoms with Gasteiger partial charge in [0.2, 0.25) is 6.79 Å². The standard InChI is InChI=1S/C26H30N2O5/c1-4-5-12-31-13-6-11-28-25(29)23(19-8-7-17(2)18(3)14-19)24(26(28)30)27-20-9-10-21-22(15-20)33-16-32-21/h7-10,14-15,27H,4-6,11-13,16H2,1-3H3. The number of nitrogens with one attached hydrogen (secondary N) is 1. The second kappa shape index (κ2) is 10.1. The normalized spacial score (nSPS) is 15.1. The van der Waals surface area contributed by atoms with Gasteiger partial charge in [0.15, 0.2) is 11.5 Å². The molecule has 0 bridgehead atoms. The van der Waals surface area contributed by atoms with Gasteiger partial charge in [0, 0.05) is 31.5 Å². The molecular weight excluding hydrogens is 420 g/mol. The summed E-state index contributed by atoms with van der Waals surface area (Å²) in [5, 5.41) is 3.18. The zero-order valence-electron chi connectivity index (χ0n) is 19.4. The van der Waals surface area contributed by atoms with Crippen LogP contribution < -0.4 is 14.8 Å². The van der Waals surface area contributed by atoms with Crippen LogP contribution in [0.25, 0.3) is 5.57 Å². The molecule has 2 aromatic rings. The maximum atomic E-state index is 13.4. The highest BCUT2D eigenvalue weighted by molar-refractivity contribution is 6.36. The van der Waals surface area contributed by atoms with Crippen molar-refractivity contribution in [2.24, 2.45) is 0 Å². The zero-order chi connectivity index (χ0) is 23.4. The zero-order valence-corrected chi connectivity index (χ0v) is 19.4. The van der Waals surface area contributed by atoms with Gasteiger partial charge in [-0.3, -0.25) is 14.5 Å². The third-order valence-electron chi connectivity index (χ3n) is 5.92. The lowest BCUT2D eigenvalue weighted by molar-refractivity contribution is -0.137. The van der Waals surface area contributed by atoms with Gasteiger partial charge in [-0.2, -0.15) is 0 Å². The molecule has 4 rings (SSSR count). The Hall–Kier alpha value is -3.32. The number of amides is 2. The number of rotatable bonds is 10. The summed E-state index contributed by atoms with van der Waals surface area (Å²) in [5.41, 5.74) is 4.22. The van der Waals surface area contributed by atoms with E-state index in [0.717, 1.165) is 29.5 Å². The average molecular weight is 451 g/mol. The molecule has 7 nitrogen and oxygen atoms in total. The Kier molecular flexibility index (Phi) is 6.99. The van der Waals surface area contributed by atoms with Crippen LogP contribution in [-0.4, -0.2) is 43.3 Å². The molecule has 174 valence electrons. The quantitative estimate of drug-likeness (QED) is 0.426. The Morgan fingerprint density at radius 3 is 2.52 bits per heavy atom. The summed E-state index contributed by atoms with van der Waals surface area (Å²) in [6, 6.07) is 11.2. The van der Waals surface area contributed by atoms with Gasteiger partial charge < -0.3 is 19.5 Å². The molecule has 2 heterocycles. The van der Waals surface area contributed by atoms with Crippen LogP contribution in [0.3, 0.4) is 0 Å². The Balaban J connectivity index is 1.59. The number of fused-ring (bicyclic) bond motifs is 1. The molecule has 2 amide bonds. The third kappa shape index (κ3) is 4.88. The predicted molar refractivity (Wildman–Crippen MR) is 126 cm³/mol. The van der Waals surface area contributed by atoms with Gasteiger partial charge in [0.05, 0.1) is 5.57 Å². The summed E-state index contributed by atoms with van der Waals surface area (Å²) >= 11 is 0. The number of carbonyl (C=O) groups is 2. The van der Waals surface area contributed by atoms with Crippen molar-refractivity contribution in [1.82, 2.24) is 4.90 Å². The number of imide groups is 1. The second-order valence-electron chi connectivity index (χ2n) is 8.32. The van der Waals surface area contributed by atoms with Crippen molar-refractivity contribution >= 4 is 23.1 Å². The van der Waals surface area contributed by atoms with Crippen molar-refractivity contribution < 1.29 is 23.8 Å². The molecule has 2 aliphatic heterocycles. The molecule has 33 heavy (non-hydrogen) atoms. The molecule has 0 atom stereocenters. The Bertz CT molecular complexity index is 1090. The van der Waals surface area contributed by atoms with E-state index >= 15 is 0 Å². The Morgan fingerprint density at radius 1 is 0.939 bits per heavy atom. The minimum Gasteiger partial charge on any atom is -0.454 e. The topological polar surface area (TPSA) is 77.1 Å². The van der Waals surface area contributed by atoms with Crippen molar-refractivity contribution in [1.29, 1.82) is 0 Å². The van der Waals surface area contributed by atoms with E-state index in [1.54, 1.807) is 18.2 Å². The molecule has 0 spiro atoms. The first kappa shape index (κ1) is 22.9. The van der Waals surface area contributed by atoms with E-state index in [1.165, 1.54) is 4.90 Å². The number of carbonyl (C=O) groups excluding carboxylic acids is 2. The molecule has 1 N–H and O–H groups in total. The highest BCUT2D eigenvalue weighted by Crippen LogP contribution is 2.36. The molecule has 0 radical (unpaired) electrons. The van der Waals surface area contributed by atoms with E-state index in [1.807, 2.05) is 32.0 Å². The SMILES string of the molecule is CCCCOCCCN1C(=O)C(Nc2ccc3c(c2)OCO3)=C(c2ccc(C)c(C)c2)C1=O. The smallest absolute Gasteiger partial charge is 0.278 e. The molecule has 0 saturated heterocycles. The van der Waals surface area contributed by atoms with Gasteiger partial charge in [0.25, 0.3) is 11.8 Å². The summed E-state index contributed by atoms with van der Waals surface area (Å²) in [6.45, 7) is 7.82. The van der Waals surface area contributed by atoms with E-state index in [9.17, 15) is 9.59 Å². The number of benzene rings is 2. The lowest BCUT2D eigenvalue weighted by atomic mass is 9.99. The van der Waals surface area contributed by atoms with Gasteiger partial charge in [-0.25, -0.2) is 0 Å². The van der Waals surface area contributed by atoms with Crippen LogP contribution in [0.5, 0.6) is 11.5 Å². The number of ether oxygens (including phenoxy) is 3. The average Bonchev–Trinajstić information content (AvgIpc) is 3.36. The number of nitrogens with zero attached hydrogens (tertiary/aromatic N) is 1. The first-order valence-corrected chi connectivity index (χ1v) is 11.4. The molecule has 2 aliphatic rings. The Labute approximate surface area is 194 Å². The van der Waals surface area contributed by atoms with Gasteiger partial charge >= 0.3 is 0 Å². The minimum absolute atomic E-state index is 0.168. The van der Waals surface area contributed by atoms with E-state index in [2.05, 4.69) is 12.2 Å². The molecule has 0 saturated carbocycles. The molecule has 2 aromatic carbocycles. The van der Waals surface area contributed by atoms with Crippen molar-refractivity contribution in [3.63, 3.8) is 0 Å². The molecular formula is C26H30N2O5. The summed E-state index contributed by atoms with van der Waals surface area (Å²) in [7, 11) is 0. The maximum absolute atomic E-state index is 13.4. The summed E-state index contributed by atoms with van der Waals surface area (Å²) in [6.07, 6.45) is 2.67. The summed E-state index contributed by atoms with van der Waals surface area (Å²) < 4.78 is 16.4. The van der Waals surface area contributed by atoms with Crippen LogP contribution in [-0.2, 0) is 14.3 Å². The van der Waals surface area contributed by atoms with Crippen molar-refractivity contribution in [3.05, 3.63) is 58.8 Å². The van der Waals surface area contributed by atoms with Gasteiger partial charge in [-0.1, -0.05) is 31.5 Å². The summed E-state index contributed by atoms with van der Waals surface area (Å²) in [5.74, 6) is 0.633. The lowest BCUT2D eigenvalue weighted by Gasteiger charge is -2.15. The molecule has 0 fully saturated rings. The number of hydrogen-bond donors (Lipinski definition) is 1. The fourth-order valence-corrected chi connectivity index (χ4v) is 3.85. The molecule has 0 unspecified atom stereocenters. The lowest BCUT2D eigenvalue weighted by Crippen LogP contribution is -2.34. The van der Waals surface area contributed by atoms with Crippen LogP contribution in [0.4, 0.5) is 5.69 Å². The summed E-state index contributed by atoms with van der Waals surface area (Å²) in [4.78, 5) is 28.0. The van der Waals surface area contributed by atoms with Crippen molar-refractivity contribution in [2.45, 2.75) is 40.0 Å². The van der Waals surface area contributed by atoms with Crippen LogP contribution in [0, 0.1) is 13.8 Å². The second-order valence-corrected chi connectivity index (χ2v) is 8.32. The number of hydrogen-bond acceptors (Lipinski definition) is 6. The van der Waals surface area contributed by atoms with Crippen molar-refractivity contribution in [3.8, 4) is 11.5 Å². The number of unbranched alkanes of at least 4 members (excludes halogenated alkanes) is 1. The third-order valence-corrected chi connectivity index (χ3v) is 5.92. The van der Waals surface area contributed by atoms with Crippen molar-refractivity contribution in [2.75, 3.05) is 31.9 Å². The maximum Gasteiger partial charge on any atom is 0.278 e. The highest BCUT2D eigenvalue weighted by atomic mass is 16.7. The predicted octanol–water partition coefficient (Wildman–Crippen LogP) is 4.43. The van der Waals surface area contributed by atoms with Crippen LogP contribution in [0.15, 0.2) is 42.1 Å². The van der Waals surface area contributed by atoms with E-state index < -0.39 is 0 Å². The van der Waals surface area contributed by atoms with Gasteiger partial charge in [-0.15, -0.1) is 0 Å². The van der Waals surface area contributed by atoms with Gasteiger partial charge in [-0.05, 0) is 55.5 Å². The van der Waals surface area contributed by atoms with E-state index in [-0.39, 0.29) is 24.3 Å². The highest BCUT2D eigenvalue weighted by Gasteiger charge is 2.39. The monoisotopic (exact) mass is 450 g/mol. The fraction of sp³-hybridized carbons (Fsp3) is 0.385. The van der Waals surface area contributed by atoms with Crippen LogP contribution in [0.1, 0.15) is 42.9 Å². The van der Waals surface area contributed by atoms with E-state index in [0.29, 0.717) is 48.9 Å². The fourth-order valence-electron chi connectivity index (χ4n) is 3.85. The van der Waals surface area contributed by atoms with Gasteiger partial charge in [0.1, 0.15) is 5.70 Å². The molecule has 0 aliphatic carbocycles. The van der Waals surface area contributed by atoms with Crippen LogP contribution >= 0.6 is 0 Å². The Morgan fingerprint density at radius 2 is 1.73 bits per heavy atom.